The summed E-state index contributed by atoms with van der Waals surface area (Å²) in [7, 11) is 0. The van der Waals surface area contributed by atoms with Gasteiger partial charge in [0.05, 0.1) is 0 Å². The maximum atomic E-state index is 10.8. The zero-order valence-corrected chi connectivity index (χ0v) is 6.55. The van der Waals surface area contributed by atoms with E-state index in [0.29, 0.717) is 10.2 Å². The van der Waals surface area contributed by atoms with Crippen LogP contribution in [0.1, 0.15) is 0 Å². The van der Waals surface area contributed by atoms with Crippen molar-refractivity contribution in [3.8, 4) is 0 Å². The molecule has 0 aliphatic rings. The Labute approximate surface area is 70.5 Å². The van der Waals surface area contributed by atoms with E-state index in [2.05, 4.69) is 15.0 Å². The zero-order valence-electron chi connectivity index (χ0n) is 5.74. The molecule has 0 bridgehead atoms. The van der Waals surface area contributed by atoms with Crippen molar-refractivity contribution in [2.24, 2.45) is 0 Å². The quantitative estimate of drug-likeness (QED) is 0.398. The fourth-order valence-corrected chi connectivity index (χ4v) is 1.17. The number of rotatable bonds is 0. The lowest BCUT2D eigenvalue weighted by Gasteiger charge is -1.90. The average Bonchev–Trinajstić information content (AvgIpc) is 2.33. The molecule has 3 N–H and O–H groups in total. The molecule has 12 heavy (non-hydrogen) atoms. The normalized spacial score (nSPS) is 10.7. The standard InChI is InChI=1S/C5H4N4O2S/c10-5-7-3-2(4(12)8-5)6-1-9(3)11/h1,11H,(H2,7,8,10,12). The molecule has 0 aliphatic carbocycles. The molecule has 0 atom stereocenters. The van der Waals surface area contributed by atoms with Crippen molar-refractivity contribution in [2.75, 3.05) is 0 Å². The van der Waals surface area contributed by atoms with E-state index in [1.807, 2.05) is 0 Å². The number of aromatic nitrogens is 4. The molecule has 7 heteroatoms. The molecule has 6 nitrogen and oxygen atoms in total. The van der Waals surface area contributed by atoms with Crippen LogP contribution in [0.25, 0.3) is 11.2 Å². The topological polar surface area (TPSA) is 86.7 Å². The summed E-state index contributed by atoms with van der Waals surface area (Å²) in [6.45, 7) is 0. The van der Waals surface area contributed by atoms with Gasteiger partial charge in [-0.25, -0.2) is 9.78 Å². The number of hydrogen-bond donors (Lipinski definition) is 3. The second-order valence-electron chi connectivity index (χ2n) is 2.19. The van der Waals surface area contributed by atoms with E-state index in [9.17, 15) is 4.79 Å². The van der Waals surface area contributed by atoms with Gasteiger partial charge in [0.25, 0.3) is 0 Å². The van der Waals surface area contributed by atoms with Gasteiger partial charge in [-0.15, -0.1) is 0 Å². The molecule has 0 amide bonds. The smallest absolute Gasteiger partial charge is 0.325 e. The fraction of sp³-hybridized carbons (Fsp3) is 0. The second-order valence-corrected chi connectivity index (χ2v) is 2.60. The summed E-state index contributed by atoms with van der Waals surface area (Å²) in [5.74, 6) is 0. The van der Waals surface area contributed by atoms with Gasteiger partial charge >= 0.3 is 5.69 Å². The highest BCUT2D eigenvalue weighted by Crippen LogP contribution is 2.04. The predicted octanol–water partition coefficient (Wildman–Crippen LogP) is 0.0195. The molecule has 0 saturated carbocycles. The van der Waals surface area contributed by atoms with Crippen molar-refractivity contribution in [2.45, 2.75) is 0 Å². The third kappa shape index (κ3) is 0.832. The number of fused-ring (bicyclic) bond motifs is 1. The summed E-state index contributed by atoms with van der Waals surface area (Å²) in [4.78, 5) is 19.3. The van der Waals surface area contributed by atoms with Gasteiger partial charge in [0.2, 0.25) is 0 Å². The first-order valence-electron chi connectivity index (χ1n) is 3.07. The van der Waals surface area contributed by atoms with Crippen LogP contribution in [0.3, 0.4) is 0 Å². The summed E-state index contributed by atoms with van der Waals surface area (Å²) in [6.07, 6.45) is 1.16. The summed E-state index contributed by atoms with van der Waals surface area (Å²) in [6, 6.07) is 0. The molecule has 0 fully saturated rings. The highest BCUT2D eigenvalue weighted by molar-refractivity contribution is 7.71. The summed E-state index contributed by atoms with van der Waals surface area (Å²) >= 11 is 4.79. The van der Waals surface area contributed by atoms with Crippen LogP contribution in [0.5, 0.6) is 0 Å². The van der Waals surface area contributed by atoms with E-state index in [-0.39, 0.29) is 10.3 Å². The van der Waals surface area contributed by atoms with Crippen LogP contribution in [0.15, 0.2) is 11.1 Å². The van der Waals surface area contributed by atoms with Crippen LogP contribution >= 0.6 is 12.2 Å². The van der Waals surface area contributed by atoms with Crippen molar-refractivity contribution in [1.82, 2.24) is 19.7 Å². The Morgan fingerprint density at radius 3 is 3.08 bits per heavy atom. The summed E-state index contributed by atoms with van der Waals surface area (Å²) < 4.78 is 0.918. The lowest BCUT2D eigenvalue weighted by Crippen LogP contribution is -2.11. The Kier molecular flexibility index (Phi) is 1.28. The molecular weight excluding hydrogens is 180 g/mol. The van der Waals surface area contributed by atoms with Crippen LogP contribution in [-0.4, -0.2) is 24.9 Å². The maximum Gasteiger partial charge on any atom is 0.325 e. The zero-order chi connectivity index (χ0) is 8.72. The van der Waals surface area contributed by atoms with Crippen molar-refractivity contribution >= 4 is 23.4 Å². The van der Waals surface area contributed by atoms with Crippen LogP contribution in [0.2, 0.25) is 0 Å². The Morgan fingerprint density at radius 1 is 1.58 bits per heavy atom. The lowest BCUT2D eigenvalue weighted by atomic mass is 10.6. The lowest BCUT2D eigenvalue weighted by molar-refractivity contribution is 0.196. The summed E-state index contributed by atoms with van der Waals surface area (Å²) in [5.41, 5.74) is 0.0964. The molecular formula is C5H4N4O2S. The number of H-pyrrole nitrogens is 2. The Morgan fingerprint density at radius 2 is 2.33 bits per heavy atom. The number of nitrogens with zero attached hydrogens (tertiary/aromatic N) is 2. The molecule has 62 valence electrons. The number of imidazole rings is 1. The van der Waals surface area contributed by atoms with Gasteiger partial charge in [0.1, 0.15) is 16.5 Å². The minimum atomic E-state index is -0.469. The molecule has 0 spiro atoms. The Balaban J connectivity index is 3.13. The molecule has 0 saturated heterocycles. The average molecular weight is 184 g/mol. The van der Waals surface area contributed by atoms with Gasteiger partial charge < -0.3 is 5.21 Å². The van der Waals surface area contributed by atoms with Crippen LogP contribution in [0, 0.1) is 4.64 Å². The number of aromatic amines is 2. The maximum absolute atomic E-state index is 10.8. The van der Waals surface area contributed by atoms with Crippen molar-refractivity contribution < 1.29 is 5.21 Å². The molecule has 0 aromatic carbocycles. The van der Waals surface area contributed by atoms with E-state index >= 15 is 0 Å². The minimum absolute atomic E-state index is 0.198. The summed E-state index contributed by atoms with van der Waals surface area (Å²) in [5, 5.41) is 9.08. The highest BCUT2D eigenvalue weighted by atomic mass is 32.1. The number of nitrogens with one attached hydrogen (secondary N) is 2. The van der Waals surface area contributed by atoms with E-state index in [1.165, 1.54) is 0 Å². The van der Waals surface area contributed by atoms with Gasteiger partial charge in [-0.3, -0.25) is 9.97 Å². The van der Waals surface area contributed by atoms with Gasteiger partial charge in [-0.1, -0.05) is 12.2 Å². The Hall–Kier alpha value is -1.63. The van der Waals surface area contributed by atoms with Crippen LogP contribution in [-0.2, 0) is 0 Å². The predicted molar refractivity (Wildman–Crippen MR) is 42.7 cm³/mol. The van der Waals surface area contributed by atoms with Crippen LogP contribution in [0.4, 0.5) is 0 Å². The second kappa shape index (κ2) is 2.18. The molecule has 0 aliphatic heterocycles. The van der Waals surface area contributed by atoms with E-state index in [0.717, 1.165) is 6.33 Å². The first-order valence-corrected chi connectivity index (χ1v) is 3.48. The van der Waals surface area contributed by atoms with Gasteiger partial charge in [-0.05, 0) is 0 Å². The molecule has 2 heterocycles. The van der Waals surface area contributed by atoms with E-state index in [4.69, 9.17) is 17.4 Å². The van der Waals surface area contributed by atoms with Gasteiger partial charge in [0, 0.05) is 0 Å². The van der Waals surface area contributed by atoms with Gasteiger partial charge in [-0.2, -0.15) is 4.73 Å². The first kappa shape index (κ1) is 7.04. The monoisotopic (exact) mass is 184 g/mol. The SMILES string of the molecule is O=c1[nH]c(=S)c2ncn(O)c2[nH]1. The van der Waals surface area contributed by atoms with E-state index < -0.39 is 5.69 Å². The molecule has 2 aromatic rings. The molecule has 0 radical (unpaired) electrons. The van der Waals surface area contributed by atoms with Crippen molar-refractivity contribution in [3.63, 3.8) is 0 Å². The fourth-order valence-electron chi connectivity index (χ4n) is 0.924. The third-order valence-electron chi connectivity index (χ3n) is 1.42. The third-order valence-corrected chi connectivity index (χ3v) is 1.72. The van der Waals surface area contributed by atoms with Gasteiger partial charge in [0.15, 0.2) is 5.65 Å². The molecule has 2 rings (SSSR count). The van der Waals surface area contributed by atoms with Crippen molar-refractivity contribution in [3.05, 3.63) is 21.5 Å². The highest BCUT2D eigenvalue weighted by Gasteiger charge is 2.03. The Bertz CT molecular complexity index is 536. The van der Waals surface area contributed by atoms with E-state index in [1.54, 1.807) is 0 Å². The largest absolute Gasteiger partial charge is 0.425 e. The molecule has 2 aromatic heterocycles. The molecule has 0 unspecified atom stereocenters. The van der Waals surface area contributed by atoms with Crippen molar-refractivity contribution in [1.29, 1.82) is 0 Å². The number of hydrogen-bond acceptors (Lipinski definition) is 4. The van der Waals surface area contributed by atoms with Crippen LogP contribution < -0.4 is 5.69 Å². The first-order chi connectivity index (χ1) is 5.68. The minimum Gasteiger partial charge on any atom is -0.425 e.